The van der Waals surface area contributed by atoms with E-state index in [0.717, 1.165) is 0 Å². The third kappa shape index (κ3) is 3.29. The number of likely N-dealkylation sites (N-methyl/N-ethyl adjacent to an activating group) is 1. The molecular weight excluding hydrogens is 250 g/mol. The highest BCUT2D eigenvalue weighted by atomic mass is 16.5. The molecule has 0 amide bonds. The lowest BCUT2D eigenvalue weighted by molar-refractivity contribution is -0.139. The maximum absolute atomic E-state index is 11.3. The fourth-order valence-corrected chi connectivity index (χ4v) is 1.82. The van der Waals surface area contributed by atoms with Crippen LogP contribution in [0.15, 0.2) is 12.1 Å². The molecule has 0 radical (unpaired) electrons. The fourth-order valence-electron chi connectivity index (χ4n) is 1.82. The number of carboxylic acid groups (broad SMARTS) is 1. The van der Waals surface area contributed by atoms with Crippen molar-refractivity contribution in [3.8, 4) is 17.2 Å². The predicted octanol–water partition coefficient (Wildman–Crippen LogP) is 1.45. The Morgan fingerprint density at radius 1 is 1.21 bits per heavy atom. The second-order valence-corrected chi connectivity index (χ2v) is 3.79. The molecule has 0 spiro atoms. The van der Waals surface area contributed by atoms with E-state index in [0.29, 0.717) is 29.4 Å². The molecule has 1 atom stereocenters. The quantitative estimate of drug-likeness (QED) is 0.780. The van der Waals surface area contributed by atoms with Gasteiger partial charge in [-0.25, -0.2) is 0 Å². The molecule has 0 aliphatic rings. The maximum Gasteiger partial charge on any atom is 0.325 e. The molecule has 6 heteroatoms. The summed E-state index contributed by atoms with van der Waals surface area (Å²) in [7, 11) is 4.48. The van der Waals surface area contributed by atoms with Gasteiger partial charge in [0.1, 0.15) is 6.04 Å². The van der Waals surface area contributed by atoms with Crippen molar-refractivity contribution in [2.24, 2.45) is 0 Å². The predicted molar refractivity (Wildman–Crippen MR) is 70.2 cm³/mol. The topological polar surface area (TPSA) is 77.0 Å². The van der Waals surface area contributed by atoms with Crippen LogP contribution in [0.2, 0.25) is 0 Å². The summed E-state index contributed by atoms with van der Waals surface area (Å²) in [5.41, 5.74) is 0.545. The molecule has 1 aromatic rings. The number of ether oxygens (including phenoxy) is 3. The Bertz CT molecular complexity index is 422. The largest absolute Gasteiger partial charge is 0.493 e. The Labute approximate surface area is 112 Å². The summed E-state index contributed by atoms with van der Waals surface area (Å²) in [6, 6.07) is 2.43. The molecular formula is C13H19NO5. The van der Waals surface area contributed by atoms with E-state index in [1.165, 1.54) is 21.3 Å². The van der Waals surface area contributed by atoms with Crippen LogP contribution in [-0.4, -0.2) is 38.9 Å². The Hall–Kier alpha value is -1.95. The van der Waals surface area contributed by atoms with Gasteiger partial charge < -0.3 is 24.6 Å². The van der Waals surface area contributed by atoms with Crippen molar-refractivity contribution >= 4 is 5.97 Å². The van der Waals surface area contributed by atoms with Crippen LogP contribution >= 0.6 is 0 Å². The molecule has 19 heavy (non-hydrogen) atoms. The number of hydrogen-bond donors (Lipinski definition) is 2. The number of nitrogens with one attached hydrogen (secondary N) is 1. The summed E-state index contributed by atoms with van der Waals surface area (Å²) in [6.07, 6.45) is 0. The molecule has 0 aliphatic heterocycles. The third-order valence-corrected chi connectivity index (χ3v) is 2.68. The lowest BCUT2D eigenvalue weighted by atomic mass is 10.1. The van der Waals surface area contributed by atoms with E-state index in [9.17, 15) is 9.90 Å². The minimum atomic E-state index is -0.962. The first kappa shape index (κ1) is 15.1. The maximum atomic E-state index is 11.3. The van der Waals surface area contributed by atoms with Crippen molar-refractivity contribution in [3.63, 3.8) is 0 Å². The number of carbonyl (C=O) groups is 1. The van der Waals surface area contributed by atoms with Gasteiger partial charge in [0.15, 0.2) is 11.5 Å². The van der Waals surface area contributed by atoms with E-state index in [2.05, 4.69) is 5.32 Å². The molecule has 0 aliphatic carbocycles. The van der Waals surface area contributed by atoms with Gasteiger partial charge in [-0.2, -0.15) is 0 Å². The molecule has 0 aromatic heterocycles. The number of benzene rings is 1. The second-order valence-electron chi connectivity index (χ2n) is 3.79. The number of carboxylic acids is 1. The summed E-state index contributed by atoms with van der Waals surface area (Å²) < 4.78 is 15.6. The van der Waals surface area contributed by atoms with Crippen molar-refractivity contribution in [2.45, 2.75) is 13.0 Å². The van der Waals surface area contributed by atoms with Crippen LogP contribution in [0.4, 0.5) is 0 Å². The molecule has 0 fully saturated rings. The number of aliphatic carboxylic acids is 1. The van der Waals surface area contributed by atoms with E-state index in [1.807, 2.05) is 6.92 Å². The molecule has 0 saturated carbocycles. The summed E-state index contributed by atoms with van der Waals surface area (Å²) >= 11 is 0. The van der Waals surface area contributed by atoms with Crippen LogP contribution < -0.4 is 19.5 Å². The number of hydrogen-bond acceptors (Lipinski definition) is 5. The SMILES string of the molecule is CCNC(C(=O)O)c1cc(OC)c(OC)c(OC)c1. The van der Waals surface area contributed by atoms with Crippen molar-refractivity contribution in [1.82, 2.24) is 5.32 Å². The lowest BCUT2D eigenvalue weighted by Gasteiger charge is -2.18. The highest BCUT2D eigenvalue weighted by Crippen LogP contribution is 2.39. The highest BCUT2D eigenvalue weighted by Gasteiger charge is 2.23. The van der Waals surface area contributed by atoms with Crippen molar-refractivity contribution in [3.05, 3.63) is 17.7 Å². The Balaban J connectivity index is 3.31. The van der Waals surface area contributed by atoms with Gasteiger partial charge in [0.2, 0.25) is 5.75 Å². The first-order valence-electron chi connectivity index (χ1n) is 5.85. The Morgan fingerprint density at radius 3 is 2.05 bits per heavy atom. The zero-order chi connectivity index (χ0) is 14.4. The average Bonchev–Trinajstić information content (AvgIpc) is 2.42. The zero-order valence-electron chi connectivity index (χ0n) is 11.5. The molecule has 0 bridgehead atoms. The standard InChI is InChI=1S/C13H19NO5/c1-5-14-11(13(15)16)8-6-9(17-2)12(19-4)10(7-8)18-3/h6-7,11,14H,5H2,1-4H3,(H,15,16). The molecule has 1 aromatic carbocycles. The van der Waals surface area contributed by atoms with Crippen LogP contribution in [0.1, 0.15) is 18.5 Å². The molecule has 1 unspecified atom stereocenters. The van der Waals surface area contributed by atoms with Gasteiger partial charge in [0.05, 0.1) is 21.3 Å². The summed E-state index contributed by atoms with van der Waals surface area (Å²) in [6.45, 7) is 2.38. The van der Waals surface area contributed by atoms with Crippen LogP contribution in [-0.2, 0) is 4.79 Å². The molecule has 0 saturated heterocycles. The van der Waals surface area contributed by atoms with Crippen LogP contribution in [0.3, 0.4) is 0 Å². The molecule has 106 valence electrons. The van der Waals surface area contributed by atoms with E-state index < -0.39 is 12.0 Å². The van der Waals surface area contributed by atoms with E-state index in [-0.39, 0.29) is 0 Å². The van der Waals surface area contributed by atoms with E-state index in [1.54, 1.807) is 12.1 Å². The first-order valence-corrected chi connectivity index (χ1v) is 5.85. The van der Waals surface area contributed by atoms with Crippen molar-refractivity contribution in [1.29, 1.82) is 0 Å². The van der Waals surface area contributed by atoms with Crippen LogP contribution in [0.5, 0.6) is 17.2 Å². The lowest BCUT2D eigenvalue weighted by Crippen LogP contribution is -2.28. The van der Waals surface area contributed by atoms with Crippen LogP contribution in [0, 0.1) is 0 Å². The van der Waals surface area contributed by atoms with Gasteiger partial charge in [-0.1, -0.05) is 6.92 Å². The molecule has 6 nitrogen and oxygen atoms in total. The van der Waals surface area contributed by atoms with Gasteiger partial charge in [-0.15, -0.1) is 0 Å². The van der Waals surface area contributed by atoms with Gasteiger partial charge in [0, 0.05) is 0 Å². The molecule has 0 heterocycles. The second kappa shape index (κ2) is 6.84. The minimum Gasteiger partial charge on any atom is -0.493 e. The normalized spacial score (nSPS) is 11.8. The average molecular weight is 269 g/mol. The van der Waals surface area contributed by atoms with E-state index in [4.69, 9.17) is 14.2 Å². The Kier molecular flexibility index (Phi) is 5.44. The first-order chi connectivity index (χ1) is 9.08. The highest BCUT2D eigenvalue weighted by molar-refractivity contribution is 5.76. The van der Waals surface area contributed by atoms with Gasteiger partial charge >= 0.3 is 5.97 Å². The molecule has 1 rings (SSSR count). The summed E-state index contributed by atoms with van der Waals surface area (Å²) in [4.78, 5) is 11.3. The zero-order valence-corrected chi connectivity index (χ0v) is 11.5. The summed E-state index contributed by atoms with van der Waals surface area (Å²) in [5, 5.41) is 12.1. The fraction of sp³-hybridized carbons (Fsp3) is 0.462. The monoisotopic (exact) mass is 269 g/mol. The number of methoxy groups -OCH3 is 3. The Morgan fingerprint density at radius 2 is 1.74 bits per heavy atom. The molecule has 2 N–H and O–H groups in total. The smallest absolute Gasteiger partial charge is 0.325 e. The minimum absolute atomic E-state index is 0.431. The summed E-state index contributed by atoms with van der Waals surface area (Å²) in [5.74, 6) is 0.340. The number of rotatable bonds is 7. The van der Waals surface area contributed by atoms with Gasteiger partial charge in [0.25, 0.3) is 0 Å². The van der Waals surface area contributed by atoms with Crippen LogP contribution in [0.25, 0.3) is 0 Å². The van der Waals surface area contributed by atoms with Gasteiger partial charge in [-0.05, 0) is 24.2 Å². The van der Waals surface area contributed by atoms with Gasteiger partial charge in [-0.3, -0.25) is 4.79 Å². The third-order valence-electron chi connectivity index (χ3n) is 2.68. The van der Waals surface area contributed by atoms with Crippen molar-refractivity contribution < 1.29 is 24.1 Å². The van der Waals surface area contributed by atoms with Crippen molar-refractivity contribution in [2.75, 3.05) is 27.9 Å². The van der Waals surface area contributed by atoms with E-state index >= 15 is 0 Å².